The second-order valence-electron chi connectivity index (χ2n) is 4.15. The molecule has 2 aromatic rings. The summed E-state index contributed by atoms with van der Waals surface area (Å²) < 4.78 is 1.91. The van der Waals surface area contributed by atoms with Crippen LogP contribution in [-0.2, 0) is 20.0 Å². The van der Waals surface area contributed by atoms with Crippen LogP contribution in [0.2, 0.25) is 0 Å². The van der Waals surface area contributed by atoms with Gasteiger partial charge in [0.15, 0.2) is 5.13 Å². The average molecular weight is 260 g/mol. The van der Waals surface area contributed by atoms with Crippen molar-refractivity contribution < 1.29 is 0 Å². The molecule has 1 N–H and O–H groups in total. The van der Waals surface area contributed by atoms with E-state index in [1.54, 1.807) is 11.3 Å². The van der Waals surface area contributed by atoms with Gasteiger partial charge in [-0.05, 0) is 25.0 Å². The van der Waals surface area contributed by atoms with E-state index >= 15 is 0 Å². The van der Waals surface area contributed by atoms with Crippen molar-refractivity contribution in [1.29, 1.82) is 5.26 Å². The minimum absolute atomic E-state index is 0.692. The summed E-state index contributed by atoms with van der Waals surface area (Å²) in [6.07, 6.45) is 2.92. The Morgan fingerprint density at radius 3 is 2.89 bits per heavy atom. The van der Waals surface area contributed by atoms with Crippen LogP contribution >= 0.6 is 11.3 Å². The molecule has 0 aliphatic rings. The molecule has 0 aliphatic heterocycles. The van der Waals surface area contributed by atoms with Gasteiger partial charge in [0, 0.05) is 30.4 Å². The predicted octanol–water partition coefficient (Wildman–Crippen LogP) is 2.84. The van der Waals surface area contributed by atoms with Crippen molar-refractivity contribution in [2.75, 3.05) is 5.32 Å². The van der Waals surface area contributed by atoms with Crippen LogP contribution in [0.25, 0.3) is 0 Å². The first-order chi connectivity index (χ1) is 8.65. The molecule has 18 heavy (non-hydrogen) atoms. The van der Waals surface area contributed by atoms with Crippen molar-refractivity contribution in [2.24, 2.45) is 7.05 Å². The van der Waals surface area contributed by atoms with Gasteiger partial charge >= 0.3 is 0 Å². The molecular formula is C13H16N4S. The smallest absolute Gasteiger partial charge is 0.183 e. The number of thiazole rings is 1. The predicted molar refractivity (Wildman–Crippen MR) is 73.7 cm³/mol. The molecule has 2 aromatic heterocycles. The Morgan fingerprint density at radius 1 is 1.56 bits per heavy atom. The van der Waals surface area contributed by atoms with Gasteiger partial charge in [0.1, 0.15) is 11.8 Å². The lowest BCUT2D eigenvalue weighted by Crippen LogP contribution is -2.00. The zero-order valence-corrected chi connectivity index (χ0v) is 11.6. The summed E-state index contributed by atoms with van der Waals surface area (Å²) in [5, 5.41) is 13.2. The topological polar surface area (TPSA) is 53.6 Å². The molecule has 0 bridgehead atoms. The van der Waals surface area contributed by atoms with Gasteiger partial charge in [-0.25, -0.2) is 4.98 Å². The Balaban J connectivity index is 2.09. The largest absolute Gasteiger partial charge is 0.357 e. The van der Waals surface area contributed by atoms with E-state index in [4.69, 9.17) is 5.26 Å². The summed E-state index contributed by atoms with van der Waals surface area (Å²) in [7, 11) is 1.91. The quantitative estimate of drug-likeness (QED) is 0.919. The number of rotatable bonds is 4. The van der Waals surface area contributed by atoms with Gasteiger partial charge in [0.2, 0.25) is 0 Å². The first kappa shape index (κ1) is 12.7. The molecule has 0 unspecified atom stereocenters. The number of hydrogen-bond donors (Lipinski definition) is 1. The van der Waals surface area contributed by atoms with Crippen molar-refractivity contribution in [2.45, 2.75) is 26.8 Å². The molecule has 0 saturated heterocycles. The highest BCUT2D eigenvalue weighted by Crippen LogP contribution is 2.20. The van der Waals surface area contributed by atoms with E-state index < -0.39 is 0 Å². The number of aryl methyl sites for hydroxylation is 1. The van der Waals surface area contributed by atoms with Crippen LogP contribution in [0.3, 0.4) is 0 Å². The fraction of sp³-hybridized carbons (Fsp3) is 0.385. The van der Waals surface area contributed by atoms with Gasteiger partial charge in [-0.3, -0.25) is 0 Å². The third kappa shape index (κ3) is 2.39. The van der Waals surface area contributed by atoms with Crippen LogP contribution in [0.4, 0.5) is 5.13 Å². The van der Waals surface area contributed by atoms with Gasteiger partial charge in [-0.1, -0.05) is 6.92 Å². The van der Waals surface area contributed by atoms with Crippen molar-refractivity contribution in [3.8, 4) is 6.07 Å². The maximum absolute atomic E-state index is 8.98. The summed E-state index contributed by atoms with van der Waals surface area (Å²) in [5.74, 6) is 0. The van der Waals surface area contributed by atoms with E-state index in [9.17, 15) is 0 Å². The normalized spacial score (nSPS) is 10.3. The maximum atomic E-state index is 8.98. The SMILES string of the molecule is CCc1cnc(NCc2cc(C#N)n(C)c2C)s1. The number of nitrogens with one attached hydrogen (secondary N) is 1. The monoisotopic (exact) mass is 260 g/mol. The fourth-order valence-corrected chi connectivity index (χ4v) is 2.52. The number of hydrogen-bond acceptors (Lipinski definition) is 4. The summed E-state index contributed by atoms with van der Waals surface area (Å²) in [6.45, 7) is 4.85. The minimum atomic E-state index is 0.692. The summed E-state index contributed by atoms with van der Waals surface area (Å²) in [6, 6.07) is 4.12. The molecule has 0 radical (unpaired) electrons. The van der Waals surface area contributed by atoms with E-state index in [0.717, 1.165) is 22.8 Å². The highest BCUT2D eigenvalue weighted by Gasteiger charge is 2.09. The molecule has 0 spiro atoms. The van der Waals surface area contributed by atoms with Gasteiger partial charge in [-0.15, -0.1) is 11.3 Å². The Bertz CT molecular complexity index is 589. The molecule has 0 aromatic carbocycles. The molecule has 0 amide bonds. The molecule has 0 atom stereocenters. The molecular weight excluding hydrogens is 244 g/mol. The standard InChI is InChI=1S/C13H16N4S/c1-4-12-8-16-13(18-12)15-7-10-5-11(6-14)17(3)9(10)2/h5,8H,4,7H2,1-3H3,(H,15,16). The first-order valence-electron chi connectivity index (χ1n) is 5.89. The zero-order chi connectivity index (χ0) is 13.1. The van der Waals surface area contributed by atoms with Crippen molar-refractivity contribution in [1.82, 2.24) is 9.55 Å². The van der Waals surface area contributed by atoms with Gasteiger partial charge < -0.3 is 9.88 Å². The van der Waals surface area contributed by atoms with Crippen molar-refractivity contribution >= 4 is 16.5 Å². The molecule has 94 valence electrons. The van der Waals surface area contributed by atoms with E-state index in [2.05, 4.69) is 23.3 Å². The molecule has 0 fully saturated rings. The number of nitriles is 1. The first-order valence-corrected chi connectivity index (χ1v) is 6.71. The van der Waals surface area contributed by atoms with Crippen LogP contribution in [-0.4, -0.2) is 9.55 Å². The lowest BCUT2D eigenvalue weighted by molar-refractivity contribution is 0.856. The lowest BCUT2D eigenvalue weighted by atomic mass is 10.2. The minimum Gasteiger partial charge on any atom is -0.357 e. The Kier molecular flexibility index (Phi) is 3.68. The molecule has 5 heteroatoms. The third-order valence-electron chi connectivity index (χ3n) is 3.09. The number of anilines is 1. The average Bonchev–Trinajstić information content (AvgIpc) is 2.95. The second kappa shape index (κ2) is 5.23. The summed E-state index contributed by atoms with van der Waals surface area (Å²) in [4.78, 5) is 5.59. The van der Waals surface area contributed by atoms with Gasteiger partial charge in [-0.2, -0.15) is 5.26 Å². The van der Waals surface area contributed by atoms with E-state index in [1.807, 2.05) is 30.8 Å². The van der Waals surface area contributed by atoms with Gasteiger partial charge in [0.05, 0.1) is 0 Å². The highest BCUT2D eigenvalue weighted by atomic mass is 32.1. The van der Waals surface area contributed by atoms with Crippen LogP contribution in [0.1, 0.15) is 28.8 Å². The highest BCUT2D eigenvalue weighted by molar-refractivity contribution is 7.15. The van der Waals surface area contributed by atoms with Crippen LogP contribution in [0, 0.1) is 18.3 Å². The van der Waals surface area contributed by atoms with E-state index in [1.165, 1.54) is 4.88 Å². The Hall–Kier alpha value is -1.80. The van der Waals surface area contributed by atoms with Crippen LogP contribution in [0.15, 0.2) is 12.3 Å². The summed E-state index contributed by atoms with van der Waals surface area (Å²) >= 11 is 1.68. The molecule has 0 aliphatic carbocycles. The summed E-state index contributed by atoms with van der Waals surface area (Å²) in [5.41, 5.74) is 2.95. The third-order valence-corrected chi connectivity index (χ3v) is 4.19. The van der Waals surface area contributed by atoms with E-state index in [0.29, 0.717) is 12.2 Å². The van der Waals surface area contributed by atoms with Crippen LogP contribution < -0.4 is 5.32 Å². The number of aromatic nitrogens is 2. The van der Waals surface area contributed by atoms with Crippen molar-refractivity contribution in [3.05, 3.63) is 34.1 Å². The number of nitrogens with zero attached hydrogens (tertiary/aromatic N) is 3. The molecule has 2 rings (SSSR count). The van der Waals surface area contributed by atoms with E-state index in [-0.39, 0.29) is 0 Å². The Morgan fingerprint density at radius 2 is 2.33 bits per heavy atom. The van der Waals surface area contributed by atoms with Gasteiger partial charge in [0.25, 0.3) is 0 Å². The maximum Gasteiger partial charge on any atom is 0.183 e. The Labute approximate surface area is 111 Å². The molecule has 0 saturated carbocycles. The fourth-order valence-electron chi connectivity index (χ4n) is 1.77. The molecule has 4 nitrogen and oxygen atoms in total. The van der Waals surface area contributed by atoms with Crippen molar-refractivity contribution in [3.63, 3.8) is 0 Å². The van der Waals surface area contributed by atoms with Crippen LogP contribution in [0.5, 0.6) is 0 Å². The molecule has 2 heterocycles. The lowest BCUT2D eigenvalue weighted by Gasteiger charge is -2.03. The second-order valence-corrected chi connectivity index (χ2v) is 5.27. The zero-order valence-electron chi connectivity index (χ0n) is 10.8.